The van der Waals surface area contributed by atoms with Gasteiger partial charge in [0.2, 0.25) is 0 Å². The van der Waals surface area contributed by atoms with E-state index in [1.807, 2.05) is 13.8 Å². The van der Waals surface area contributed by atoms with Crippen molar-refractivity contribution in [2.75, 3.05) is 20.1 Å². The van der Waals surface area contributed by atoms with E-state index in [2.05, 4.69) is 0 Å². The van der Waals surface area contributed by atoms with Crippen LogP contribution in [0.15, 0.2) is 12.1 Å². The predicted molar refractivity (Wildman–Crippen MR) is 82.9 cm³/mol. The molecule has 0 saturated heterocycles. The van der Waals surface area contributed by atoms with Gasteiger partial charge in [-0.25, -0.2) is 0 Å². The van der Waals surface area contributed by atoms with Crippen LogP contribution in [0.3, 0.4) is 0 Å². The largest absolute Gasteiger partial charge is 0.341 e. The molecule has 1 rings (SSSR count). The first-order valence-electron chi connectivity index (χ1n) is 6.18. The maximum Gasteiger partial charge on any atom is 0.271 e. The van der Waals surface area contributed by atoms with Crippen LogP contribution in [0.2, 0.25) is 10.0 Å². The smallest absolute Gasteiger partial charge is 0.271 e. The Kier molecular flexibility index (Phi) is 5.55. The first-order chi connectivity index (χ1) is 9.59. The highest BCUT2D eigenvalue weighted by Gasteiger charge is 2.25. The molecule has 2 N–H and O–H groups in total. The van der Waals surface area contributed by atoms with Crippen LogP contribution in [0.5, 0.6) is 0 Å². The van der Waals surface area contributed by atoms with Gasteiger partial charge in [-0.15, -0.1) is 0 Å². The van der Waals surface area contributed by atoms with Crippen LogP contribution >= 0.6 is 23.2 Å². The second-order valence-electron chi connectivity index (χ2n) is 5.58. The number of nitrogens with zero attached hydrogens (tertiary/aromatic N) is 2. The summed E-state index contributed by atoms with van der Waals surface area (Å²) in [5.74, 6) is -0.438. The number of carbonyl (C=O) groups excluding carboxylic acids is 1. The summed E-state index contributed by atoms with van der Waals surface area (Å²) in [6.07, 6.45) is 0. The molecule has 0 aliphatic carbocycles. The van der Waals surface area contributed by atoms with Gasteiger partial charge in [-0.1, -0.05) is 37.0 Å². The van der Waals surface area contributed by atoms with Crippen LogP contribution < -0.4 is 5.73 Å². The average molecular weight is 334 g/mol. The maximum atomic E-state index is 12.4. The van der Waals surface area contributed by atoms with Crippen LogP contribution in [-0.4, -0.2) is 35.9 Å². The fourth-order valence-corrected chi connectivity index (χ4v) is 2.22. The zero-order valence-corrected chi connectivity index (χ0v) is 13.5. The average Bonchev–Trinajstić information content (AvgIpc) is 2.40. The molecular formula is C13H17Cl2N3O3. The normalized spacial score (nSPS) is 11.3. The minimum Gasteiger partial charge on any atom is -0.341 e. The lowest BCUT2D eigenvalue weighted by atomic mass is 9.93. The van der Waals surface area contributed by atoms with E-state index in [1.165, 1.54) is 4.90 Å². The second-order valence-corrected chi connectivity index (χ2v) is 6.36. The van der Waals surface area contributed by atoms with Gasteiger partial charge in [0.1, 0.15) is 0 Å². The minimum absolute atomic E-state index is 0.00433. The summed E-state index contributed by atoms with van der Waals surface area (Å²) in [4.78, 5) is 24.1. The highest BCUT2D eigenvalue weighted by Crippen LogP contribution is 2.31. The van der Waals surface area contributed by atoms with Gasteiger partial charge >= 0.3 is 0 Å². The topological polar surface area (TPSA) is 89.5 Å². The van der Waals surface area contributed by atoms with Gasteiger partial charge in [-0.05, 0) is 12.0 Å². The summed E-state index contributed by atoms with van der Waals surface area (Å²) in [6, 6.07) is 2.24. The van der Waals surface area contributed by atoms with E-state index < -0.39 is 10.8 Å². The quantitative estimate of drug-likeness (QED) is 0.662. The monoisotopic (exact) mass is 333 g/mol. The van der Waals surface area contributed by atoms with Crippen LogP contribution in [0.1, 0.15) is 24.2 Å². The number of nitrogens with two attached hydrogens (primary N) is 1. The molecule has 1 amide bonds. The van der Waals surface area contributed by atoms with Crippen molar-refractivity contribution in [3.05, 3.63) is 37.9 Å². The molecule has 0 bridgehead atoms. The minimum atomic E-state index is -0.622. The summed E-state index contributed by atoms with van der Waals surface area (Å²) >= 11 is 11.8. The van der Waals surface area contributed by atoms with Crippen LogP contribution in [0.25, 0.3) is 0 Å². The molecule has 0 heterocycles. The molecule has 6 nitrogen and oxygen atoms in total. The molecule has 0 atom stereocenters. The summed E-state index contributed by atoms with van der Waals surface area (Å²) in [5, 5.41) is 10.8. The molecule has 1 aromatic rings. The molecule has 0 aromatic heterocycles. The van der Waals surface area contributed by atoms with Crippen molar-refractivity contribution in [2.24, 2.45) is 11.1 Å². The van der Waals surface area contributed by atoms with Crippen molar-refractivity contribution in [2.45, 2.75) is 13.8 Å². The van der Waals surface area contributed by atoms with E-state index in [-0.39, 0.29) is 26.7 Å². The lowest BCUT2D eigenvalue weighted by Crippen LogP contribution is -2.39. The lowest BCUT2D eigenvalue weighted by Gasteiger charge is -2.29. The van der Waals surface area contributed by atoms with Crippen molar-refractivity contribution in [1.29, 1.82) is 0 Å². The van der Waals surface area contributed by atoms with Gasteiger partial charge in [-0.2, -0.15) is 0 Å². The molecule has 21 heavy (non-hydrogen) atoms. The lowest BCUT2D eigenvalue weighted by molar-refractivity contribution is -0.384. The van der Waals surface area contributed by atoms with Crippen molar-refractivity contribution >= 4 is 34.8 Å². The molecule has 0 aliphatic heterocycles. The molecule has 0 unspecified atom stereocenters. The fraction of sp³-hybridized carbons (Fsp3) is 0.462. The Morgan fingerprint density at radius 3 is 2.48 bits per heavy atom. The summed E-state index contributed by atoms with van der Waals surface area (Å²) in [7, 11) is 1.59. The second kappa shape index (κ2) is 6.60. The molecule has 0 fully saturated rings. The molecule has 8 heteroatoms. The van der Waals surface area contributed by atoms with E-state index >= 15 is 0 Å². The highest BCUT2D eigenvalue weighted by atomic mass is 35.5. The molecule has 0 spiro atoms. The SMILES string of the molecule is CN(CC(C)(C)CN)C(=O)c1cc([N+](=O)[O-])cc(Cl)c1Cl. The third-order valence-electron chi connectivity index (χ3n) is 3.02. The van der Waals surface area contributed by atoms with Gasteiger partial charge < -0.3 is 10.6 Å². The molecule has 116 valence electrons. The van der Waals surface area contributed by atoms with Crippen LogP contribution in [0, 0.1) is 15.5 Å². The van der Waals surface area contributed by atoms with Crippen LogP contribution in [-0.2, 0) is 0 Å². The summed E-state index contributed by atoms with van der Waals surface area (Å²) < 4.78 is 0. The maximum absolute atomic E-state index is 12.4. The molecule has 0 aliphatic rings. The van der Waals surface area contributed by atoms with Gasteiger partial charge in [0.15, 0.2) is 0 Å². The number of non-ortho nitro benzene ring substituents is 1. The number of benzene rings is 1. The number of amides is 1. The van der Waals surface area contributed by atoms with E-state index in [0.29, 0.717) is 13.1 Å². The van der Waals surface area contributed by atoms with Gasteiger partial charge in [0.05, 0.1) is 20.5 Å². The van der Waals surface area contributed by atoms with E-state index in [4.69, 9.17) is 28.9 Å². The number of nitro groups is 1. The summed E-state index contributed by atoms with van der Waals surface area (Å²) in [5.41, 5.74) is 5.09. The van der Waals surface area contributed by atoms with E-state index in [1.54, 1.807) is 7.05 Å². The first kappa shape index (κ1) is 17.7. The Bertz CT molecular complexity index is 576. The zero-order chi connectivity index (χ0) is 16.4. The Labute approximate surface area is 133 Å². The Hall–Kier alpha value is -1.37. The highest BCUT2D eigenvalue weighted by molar-refractivity contribution is 6.44. The van der Waals surface area contributed by atoms with Gasteiger partial charge in [0, 0.05) is 25.7 Å². The van der Waals surface area contributed by atoms with E-state index in [9.17, 15) is 14.9 Å². The third-order valence-corrected chi connectivity index (χ3v) is 3.82. The van der Waals surface area contributed by atoms with Crippen molar-refractivity contribution in [1.82, 2.24) is 4.90 Å². The van der Waals surface area contributed by atoms with Crippen molar-refractivity contribution in [3.8, 4) is 0 Å². The van der Waals surface area contributed by atoms with Gasteiger partial charge in [-0.3, -0.25) is 14.9 Å². The van der Waals surface area contributed by atoms with E-state index in [0.717, 1.165) is 12.1 Å². The molecule has 0 radical (unpaired) electrons. The Balaban J connectivity index is 3.15. The number of rotatable bonds is 5. The molecule has 1 aromatic carbocycles. The number of halogens is 2. The molecule has 0 saturated carbocycles. The first-order valence-corrected chi connectivity index (χ1v) is 6.93. The van der Waals surface area contributed by atoms with Crippen molar-refractivity contribution < 1.29 is 9.72 Å². The molecular weight excluding hydrogens is 317 g/mol. The van der Waals surface area contributed by atoms with Crippen molar-refractivity contribution in [3.63, 3.8) is 0 Å². The third kappa shape index (κ3) is 4.30. The van der Waals surface area contributed by atoms with Crippen LogP contribution in [0.4, 0.5) is 5.69 Å². The Morgan fingerprint density at radius 1 is 1.43 bits per heavy atom. The Morgan fingerprint density at radius 2 is 2.00 bits per heavy atom. The summed E-state index contributed by atoms with van der Waals surface area (Å²) in [6.45, 7) is 4.62. The van der Waals surface area contributed by atoms with Gasteiger partial charge in [0.25, 0.3) is 11.6 Å². The predicted octanol–water partition coefficient (Wildman–Crippen LogP) is 2.96. The zero-order valence-electron chi connectivity index (χ0n) is 12.0. The number of hydrogen-bond acceptors (Lipinski definition) is 4. The number of nitro benzene ring substituents is 1. The fourth-order valence-electron chi connectivity index (χ4n) is 1.82. The number of carbonyl (C=O) groups is 1. The standard InChI is InChI=1S/C13H17Cl2N3O3/c1-13(2,6-16)7-17(3)12(19)9-4-8(18(20)21)5-10(14)11(9)15/h4-5H,6-7,16H2,1-3H3. The number of hydrogen-bond donors (Lipinski definition) is 1.